The van der Waals surface area contributed by atoms with Gasteiger partial charge in [-0.05, 0) is 44.2 Å². The molecular weight excluding hydrogens is 476 g/mol. The third-order valence-corrected chi connectivity index (χ3v) is 6.21. The van der Waals surface area contributed by atoms with Crippen LogP contribution in [0.5, 0.6) is 11.5 Å². The molecule has 0 radical (unpaired) electrons. The smallest absolute Gasteiger partial charge is 0.342 e. The highest BCUT2D eigenvalue weighted by molar-refractivity contribution is 6.33. The first kappa shape index (κ1) is 26.6. The van der Waals surface area contributed by atoms with Gasteiger partial charge in [0.2, 0.25) is 0 Å². The molecule has 2 aliphatic rings. The third kappa shape index (κ3) is 7.47. The maximum atomic E-state index is 12.9. The molecule has 0 unspecified atom stereocenters. The van der Waals surface area contributed by atoms with Crippen molar-refractivity contribution >= 4 is 29.2 Å². The molecule has 1 aromatic carbocycles. The van der Waals surface area contributed by atoms with E-state index in [2.05, 4.69) is 5.16 Å². The average molecular weight is 507 g/mol. The minimum Gasteiger partial charge on any atom is -0.507 e. The van der Waals surface area contributed by atoms with E-state index in [1.165, 1.54) is 0 Å². The Morgan fingerprint density at radius 3 is 2.69 bits per heavy atom. The summed E-state index contributed by atoms with van der Waals surface area (Å²) in [5, 5.41) is 34.7. The molecular formula is C25H31ClN2O7. The highest BCUT2D eigenvalue weighted by Gasteiger charge is 2.26. The van der Waals surface area contributed by atoms with Crippen molar-refractivity contribution in [2.24, 2.45) is 5.16 Å². The lowest BCUT2D eigenvalue weighted by molar-refractivity contribution is -0.137. The minimum atomic E-state index is -0.817. The number of cyclic esters (lactones) is 1. The van der Waals surface area contributed by atoms with Crippen LogP contribution in [0.2, 0.25) is 5.02 Å². The van der Waals surface area contributed by atoms with Gasteiger partial charge in [0, 0.05) is 32.0 Å². The first-order valence-electron chi connectivity index (χ1n) is 11.7. The molecule has 190 valence electrons. The van der Waals surface area contributed by atoms with Gasteiger partial charge in [0.25, 0.3) is 5.91 Å². The van der Waals surface area contributed by atoms with Gasteiger partial charge in [0.1, 0.15) is 23.2 Å². The van der Waals surface area contributed by atoms with E-state index >= 15 is 0 Å². The number of rotatable bonds is 3. The Bertz CT molecular complexity index is 1020. The second kappa shape index (κ2) is 12.6. The summed E-state index contributed by atoms with van der Waals surface area (Å²) >= 11 is 6.31. The van der Waals surface area contributed by atoms with Gasteiger partial charge in [0.15, 0.2) is 6.61 Å². The second-order valence-electron chi connectivity index (χ2n) is 8.64. The van der Waals surface area contributed by atoms with Crippen LogP contribution in [-0.2, 0) is 20.8 Å². The number of phenols is 2. The van der Waals surface area contributed by atoms with Gasteiger partial charge >= 0.3 is 5.97 Å². The number of aromatic hydroxyl groups is 2. The van der Waals surface area contributed by atoms with Gasteiger partial charge < -0.3 is 29.8 Å². The van der Waals surface area contributed by atoms with E-state index in [0.29, 0.717) is 19.5 Å². The number of nitrogens with zero attached hydrogens (tertiary/aromatic N) is 2. The number of phenolic OH excluding ortho intramolecular Hbond substituents is 2. The van der Waals surface area contributed by atoms with Crippen LogP contribution in [0.15, 0.2) is 35.5 Å². The number of ether oxygens (including phenoxy) is 1. The number of hydrogen-bond donors (Lipinski definition) is 3. The molecule has 3 rings (SSSR count). The SMILES string of the molecule is C[C@@H]1C/C=C/[C@H](O)C/C=C/C(=N/OCC(=O)N2CCCCC2)Cc2c(Cl)c(O)cc(O)c2C(=O)O1. The number of oxime groups is 1. The largest absolute Gasteiger partial charge is 0.507 e. The molecule has 1 aromatic rings. The summed E-state index contributed by atoms with van der Waals surface area (Å²) in [6.45, 7) is 2.80. The lowest BCUT2D eigenvalue weighted by Gasteiger charge is -2.26. The highest BCUT2D eigenvalue weighted by atomic mass is 35.5. The summed E-state index contributed by atoms with van der Waals surface area (Å²) in [5.41, 5.74) is 0.175. The molecule has 0 aliphatic carbocycles. The van der Waals surface area contributed by atoms with Crippen LogP contribution in [-0.4, -0.2) is 69.7 Å². The van der Waals surface area contributed by atoms with E-state index in [0.717, 1.165) is 25.3 Å². The minimum absolute atomic E-state index is 0.101. The molecule has 3 N–H and O–H groups in total. The van der Waals surface area contributed by atoms with Gasteiger partial charge in [-0.15, -0.1) is 0 Å². The van der Waals surface area contributed by atoms with E-state index in [1.807, 2.05) is 0 Å². The summed E-state index contributed by atoms with van der Waals surface area (Å²) in [5.74, 6) is -1.89. The number of hydrogen-bond acceptors (Lipinski definition) is 8. The number of likely N-dealkylation sites (tertiary alicyclic amines) is 1. The molecule has 2 atom stereocenters. The number of fused-ring (bicyclic) bond motifs is 1. The zero-order valence-electron chi connectivity index (χ0n) is 19.7. The molecule has 0 bridgehead atoms. The van der Waals surface area contributed by atoms with Gasteiger partial charge in [-0.25, -0.2) is 4.79 Å². The van der Waals surface area contributed by atoms with Crippen LogP contribution in [0, 0.1) is 0 Å². The molecule has 0 spiro atoms. The molecule has 0 saturated carbocycles. The predicted octanol–water partition coefficient (Wildman–Crippen LogP) is 3.49. The second-order valence-corrected chi connectivity index (χ2v) is 9.02. The number of benzene rings is 1. The number of carbonyl (C=O) groups is 2. The topological polar surface area (TPSA) is 129 Å². The maximum absolute atomic E-state index is 12.9. The van der Waals surface area contributed by atoms with E-state index in [9.17, 15) is 24.9 Å². The third-order valence-electron chi connectivity index (χ3n) is 5.78. The van der Waals surface area contributed by atoms with E-state index < -0.39 is 29.7 Å². The number of esters is 1. The number of amides is 1. The highest BCUT2D eigenvalue weighted by Crippen LogP contribution is 2.37. The number of aliphatic hydroxyl groups excluding tert-OH is 1. The number of piperidine rings is 1. The summed E-state index contributed by atoms with van der Waals surface area (Å²) in [6, 6.07) is 0.979. The molecule has 35 heavy (non-hydrogen) atoms. The van der Waals surface area contributed by atoms with Crippen LogP contribution in [0.25, 0.3) is 0 Å². The summed E-state index contributed by atoms with van der Waals surface area (Å²) < 4.78 is 5.44. The molecule has 9 nitrogen and oxygen atoms in total. The molecule has 10 heteroatoms. The fourth-order valence-corrected chi connectivity index (χ4v) is 4.14. The van der Waals surface area contributed by atoms with Crippen LogP contribution < -0.4 is 0 Å². The fraction of sp³-hybridized carbons (Fsp3) is 0.480. The summed E-state index contributed by atoms with van der Waals surface area (Å²) in [7, 11) is 0. The van der Waals surface area contributed by atoms with Crippen molar-refractivity contribution in [3.8, 4) is 11.5 Å². The van der Waals surface area contributed by atoms with Crippen LogP contribution in [0.4, 0.5) is 0 Å². The van der Waals surface area contributed by atoms with E-state index in [-0.39, 0.29) is 47.2 Å². The Kier molecular flexibility index (Phi) is 9.56. The Hall–Kier alpha value is -3.04. The van der Waals surface area contributed by atoms with Crippen molar-refractivity contribution < 1.29 is 34.5 Å². The lowest BCUT2D eigenvalue weighted by atomic mass is 9.99. The van der Waals surface area contributed by atoms with Crippen LogP contribution >= 0.6 is 11.6 Å². The monoisotopic (exact) mass is 506 g/mol. The van der Waals surface area contributed by atoms with E-state index in [1.54, 1.807) is 36.1 Å². The summed E-state index contributed by atoms with van der Waals surface area (Å²) in [4.78, 5) is 32.3. The number of allylic oxidation sites excluding steroid dienone is 1. The molecule has 2 heterocycles. The Labute approximate surface area is 209 Å². The predicted molar refractivity (Wildman–Crippen MR) is 131 cm³/mol. The molecule has 1 saturated heterocycles. The molecule has 1 fully saturated rings. The van der Waals surface area contributed by atoms with Crippen molar-refractivity contribution in [2.75, 3.05) is 19.7 Å². The Morgan fingerprint density at radius 2 is 1.94 bits per heavy atom. The first-order valence-corrected chi connectivity index (χ1v) is 12.1. The van der Waals surface area contributed by atoms with Crippen molar-refractivity contribution in [2.45, 2.75) is 57.7 Å². The van der Waals surface area contributed by atoms with Gasteiger partial charge in [0.05, 0.1) is 16.8 Å². The number of halogens is 1. The average Bonchev–Trinajstić information content (AvgIpc) is 2.82. The standard InChI is InChI=1S/C25H31ClN2O7/c1-16-7-5-9-18(29)10-6-8-17(27-34-15-22(32)28-11-3-2-4-12-28)13-19-23(25(33)35-16)20(30)14-21(31)24(19)26/h5-6,8-9,14,16,18,29-31H,2-4,7,10-13,15H2,1H3/b8-6+,9-5+,27-17-/t16-,18+/m1/s1. The molecule has 0 aromatic heterocycles. The first-order chi connectivity index (χ1) is 16.8. The van der Waals surface area contributed by atoms with E-state index in [4.69, 9.17) is 21.2 Å². The zero-order chi connectivity index (χ0) is 25.4. The summed E-state index contributed by atoms with van der Waals surface area (Å²) in [6.07, 6.45) is 8.79. The lowest BCUT2D eigenvalue weighted by Crippen LogP contribution is -2.37. The van der Waals surface area contributed by atoms with Gasteiger partial charge in [-0.1, -0.05) is 35.0 Å². The van der Waals surface area contributed by atoms with Crippen molar-refractivity contribution in [1.29, 1.82) is 0 Å². The normalized spacial score (nSPS) is 24.7. The Balaban J connectivity index is 1.91. The Morgan fingerprint density at radius 1 is 1.20 bits per heavy atom. The van der Waals surface area contributed by atoms with Crippen LogP contribution in [0.3, 0.4) is 0 Å². The van der Waals surface area contributed by atoms with Crippen molar-refractivity contribution in [1.82, 2.24) is 4.90 Å². The number of carbonyl (C=O) groups excluding carboxylic acids is 2. The van der Waals surface area contributed by atoms with Gasteiger partial charge in [-0.2, -0.15) is 0 Å². The van der Waals surface area contributed by atoms with Crippen molar-refractivity contribution in [3.05, 3.63) is 46.5 Å². The van der Waals surface area contributed by atoms with Crippen molar-refractivity contribution in [3.63, 3.8) is 0 Å². The molecule has 2 aliphatic heterocycles. The zero-order valence-corrected chi connectivity index (χ0v) is 20.4. The number of aliphatic hydroxyl groups is 1. The van der Waals surface area contributed by atoms with Crippen LogP contribution in [0.1, 0.15) is 54.9 Å². The van der Waals surface area contributed by atoms with Gasteiger partial charge in [-0.3, -0.25) is 4.79 Å². The fourth-order valence-electron chi connectivity index (χ4n) is 3.92. The molecule has 1 amide bonds. The maximum Gasteiger partial charge on any atom is 0.342 e. The quantitative estimate of drug-likeness (QED) is 0.325.